The maximum Gasteiger partial charge on any atom is 0.259 e. The van der Waals surface area contributed by atoms with Crippen LogP contribution in [0.4, 0.5) is 5.82 Å². The average Bonchev–Trinajstić information content (AvgIpc) is 3.53. The number of aromatic nitrogens is 2. The fourth-order valence-corrected chi connectivity index (χ4v) is 8.60. The van der Waals surface area contributed by atoms with Crippen LogP contribution in [0, 0.1) is 17.2 Å². The van der Waals surface area contributed by atoms with Crippen molar-refractivity contribution >= 4 is 14.3 Å². The zero-order valence-corrected chi connectivity index (χ0v) is 31.3. The predicted molar refractivity (Wildman–Crippen MR) is 201 cm³/mol. The molecule has 1 N–H and O–H groups in total. The summed E-state index contributed by atoms with van der Waals surface area (Å²) < 4.78 is 34.1. The Balaban J connectivity index is 1.54. The Hall–Kier alpha value is -4.10. The summed E-state index contributed by atoms with van der Waals surface area (Å²) in [6, 6.07) is 31.0. The van der Waals surface area contributed by atoms with Crippen LogP contribution in [-0.4, -0.2) is 66.3 Å². The van der Waals surface area contributed by atoms with E-state index in [0.29, 0.717) is 19.6 Å². The summed E-state index contributed by atoms with van der Waals surface area (Å²) in [4.78, 5) is 8.52. The Kier molecular flexibility index (Phi) is 13.8. The molecule has 1 heterocycles. The van der Waals surface area contributed by atoms with Gasteiger partial charge in [0.2, 0.25) is 0 Å². The molecule has 1 unspecified atom stereocenters. The molecule has 0 saturated heterocycles. The van der Waals surface area contributed by atoms with Crippen LogP contribution in [0.5, 0.6) is 11.5 Å². The molecule has 1 aromatic heterocycles. The number of methoxy groups -OCH3 is 2. The highest BCUT2D eigenvalue weighted by molar-refractivity contribution is 7.44. The topological polar surface area (TPSA) is 111 Å². The second kappa shape index (κ2) is 18.4. The van der Waals surface area contributed by atoms with Gasteiger partial charge in [-0.15, -0.1) is 0 Å². The molecule has 1 fully saturated rings. The lowest BCUT2D eigenvalue weighted by Gasteiger charge is -2.39. The number of rotatable bonds is 18. The minimum absolute atomic E-state index is 0.00494. The van der Waals surface area contributed by atoms with Gasteiger partial charge in [0.25, 0.3) is 8.53 Å². The van der Waals surface area contributed by atoms with E-state index >= 15 is 0 Å². The largest absolute Gasteiger partial charge is 0.497 e. The maximum atomic E-state index is 9.30. The molecule has 0 spiro atoms. The number of hydrogen-bond donors (Lipinski definition) is 1. The smallest absolute Gasteiger partial charge is 0.259 e. The first-order chi connectivity index (χ1) is 24.8. The molecule has 1 aliphatic carbocycles. The fourth-order valence-electron chi connectivity index (χ4n) is 6.81. The summed E-state index contributed by atoms with van der Waals surface area (Å²) in [6.07, 6.45) is 4.90. The van der Waals surface area contributed by atoms with Crippen molar-refractivity contribution in [3.63, 3.8) is 0 Å². The van der Waals surface area contributed by atoms with Crippen LogP contribution in [-0.2, 0) is 19.4 Å². The fraction of sp³-hybridized carbons (Fsp3) is 0.425. The third kappa shape index (κ3) is 9.42. The van der Waals surface area contributed by atoms with E-state index in [1.807, 2.05) is 48.5 Å². The molecule has 51 heavy (non-hydrogen) atoms. The molecular weight excluding hydrogens is 661 g/mol. The van der Waals surface area contributed by atoms with Gasteiger partial charge in [-0.05, 0) is 87.6 Å². The van der Waals surface area contributed by atoms with Crippen molar-refractivity contribution in [2.75, 3.05) is 32.8 Å². The lowest BCUT2D eigenvalue weighted by atomic mass is 9.80. The molecule has 10 nitrogen and oxygen atoms in total. The first-order valence-corrected chi connectivity index (χ1v) is 18.7. The Morgan fingerprint density at radius 1 is 0.863 bits per heavy atom. The molecule has 4 aromatic rings. The number of hydrogen-bond acceptors (Lipinski definition) is 10. The van der Waals surface area contributed by atoms with Gasteiger partial charge < -0.3 is 28.6 Å². The van der Waals surface area contributed by atoms with Gasteiger partial charge in [-0.3, -0.25) is 0 Å². The van der Waals surface area contributed by atoms with Crippen LogP contribution in [0.3, 0.4) is 0 Å². The second-order valence-electron chi connectivity index (χ2n) is 13.2. The van der Waals surface area contributed by atoms with E-state index < -0.39 is 14.1 Å². The quantitative estimate of drug-likeness (QED) is 0.0614. The summed E-state index contributed by atoms with van der Waals surface area (Å²) in [5.74, 6) is 2.30. The molecule has 270 valence electrons. The van der Waals surface area contributed by atoms with Crippen LogP contribution >= 0.6 is 8.53 Å². The summed E-state index contributed by atoms with van der Waals surface area (Å²) in [5, 5.41) is 12.9. The predicted octanol–water partition coefficient (Wildman–Crippen LogP) is 8.35. The van der Waals surface area contributed by atoms with Crippen LogP contribution in [0.15, 0.2) is 97.5 Å². The number of nitriles is 1. The third-order valence-corrected chi connectivity index (χ3v) is 11.3. The van der Waals surface area contributed by atoms with Crippen molar-refractivity contribution in [2.45, 2.75) is 76.8 Å². The van der Waals surface area contributed by atoms with Crippen molar-refractivity contribution < 1.29 is 23.3 Å². The van der Waals surface area contributed by atoms with Crippen LogP contribution in [0.1, 0.15) is 63.6 Å². The molecule has 4 atom stereocenters. The molecule has 1 saturated carbocycles. The SMILES string of the molecule is COc1ccc(C(OC[C@H]2C[C@@H](Nc3ccncn3)C[C@@H]2OP(OCCC#N)N(C(C)C)C(C)C)(c2ccccc2)c2ccc(OC)cc2)cc1. The molecule has 1 aliphatic rings. The Bertz CT molecular complexity index is 1600. The highest BCUT2D eigenvalue weighted by atomic mass is 31.2. The van der Waals surface area contributed by atoms with Crippen LogP contribution in [0.25, 0.3) is 0 Å². The average molecular weight is 712 g/mol. The van der Waals surface area contributed by atoms with Crippen molar-refractivity contribution in [3.05, 3.63) is 114 Å². The summed E-state index contributed by atoms with van der Waals surface area (Å²) >= 11 is 0. The molecular formula is C40H50N5O5P. The van der Waals surface area contributed by atoms with Gasteiger partial charge in [0.1, 0.15) is 29.2 Å². The molecule has 0 aliphatic heterocycles. The molecule has 0 bridgehead atoms. The van der Waals surface area contributed by atoms with Gasteiger partial charge in [-0.1, -0.05) is 54.6 Å². The second-order valence-corrected chi connectivity index (χ2v) is 14.6. The minimum atomic E-state index is -1.47. The lowest BCUT2D eigenvalue weighted by Crippen LogP contribution is -2.37. The Morgan fingerprint density at radius 3 is 2.00 bits per heavy atom. The summed E-state index contributed by atoms with van der Waals surface area (Å²) in [6.45, 7) is 9.31. The molecule has 0 radical (unpaired) electrons. The summed E-state index contributed by atoms with van der Waals surface area (Å²) in [5.41, 5.74) is 1.98. The highest BCUT2D eigenvalue weighted by Gasteiger charge is 2.43. The number of ether oxygens (including phenoxy) is 3. The van der Waals surface area contributed by atoms with Crippen LogP contribution in [0.2, 0.25) is 0 Å². The van der Waals surface area contributed by atoms with Crippen molar-refractivity contribution in [2.24, 2.45) is 5.92 Å². The standard InChI is InChI=1S/C40H50N5O5P/c1-29(2)45(30(3)4)51(49-24-10-22-41)50-38-26-35(44-39-21-23-42-28-43-39)25-31(38)27-48-40(32-11-8-7-9-12-32,33-13-17-36(46-5)18-14-33)34-15-19-37(47-6)20-16-34/h7-9,11-21,23,28-31,35,38H,10,24-27H2,1-6H3,(H,42,43,44)/t31-,35-,38+,51?/m1/s1. The first-order valence-electron chi connectivity index (χ1n) is 17.5. The van der Waals surface area contributed by atoms with E-state index in [-0.39, 0.29) is 30.1 Å². The van der Waals surface area contributed by atoms with E-state index in [9.17, 15) is 5.26 Å². The Labute approximate surface area is 304 Å². The van der Waals surface area contributed by atoms with Crippen LogP contribution < -0.4 is 14.8 Å². The van der Waals surface area contributed by atoms with E-state index in [2.05, 4.69) is 90.1 Å². The van der Waals surface area contributed by atoms with Gasteiger partial charge in [-0.2, -0.15) is 5.26 Å². The number of benzene rings is 3. The maximum absolute atomic E-state index is 9.30. The number of nitrogens with zero attached hydrogens (tertiary/aromatic N) is 4. The van der Waals surface area contributed by atoms with Gasteiger partial charge in [0, 0.05) is 30.2 Å². The van der Waals surface area contributed by atoms with Gasteiger partial charge >= 0.3 is 0 Å². The third-order valence-electron chi connectivity index (χ3n) is 9.14. The summed E-state index contributed by atoms with van der Waals surface area (Å²) in [7, 11) is 1.87. The highest BCUT2D eigenvalue weighted by Crippen LogP contribution is 2.51. The zero-order chi connectivity index (χ0) is 36.2. The van der Waals surface area contributed by atoms with Gasteiger partial charge in [0.15, 0.2) is 0 Å². The van der Waals surface area contributed by atoms with Crippen molar-refractivity contribution in [1.82, 2.24) is 14.6 Å². The minimum Gasteiger partial charge on any atom is -0.497 e. The van der Waals surface area contributed by atoms with E-state index in [1.165, 1.54) is 0 Å². The first kappa shape index (κ1) is 38.1. The number of anilines is 1. The van der Waals surface area contributed by atoms with Gasteiger partial charge in [-0.25, -0.2) is 14.6 Å². The lowest BCUT2D eigenvalue weighted by molar-refractivity contribution is -0.0275. The van der Waals surface area contributed by atoms with E-state index in [4.69, 9.17) is 23.3 Å². The molecule has 5 rings (SSSR count). The van der Waals surface area contributed by atoms with Gasteiger partial charge in [0.05, 0.1) is 46.0 Å². The normalized spacial score (nSPS) is 18.2. The van der Waals surface area contributed by atoms with E-state index in [0.717, 1.165) is 46.8 Å². The van der Waals surface area contributed by atoms with Crippen molar-refractivity contribution in [3.8, 4) is 17.6 Å². The Morgan fingerprint density at radius 2 is 1.47 bits per heavy atom. The number of nitrogens with one attached hydrogen (secondary N) is 1. The zero-order valence-electron chi connectivity index (χ0n) is 30.4. The van der Waals surface area contributed by atoms with Crippen molar-refractivity contribution in [1.29, 1.82) is 5.26 Å². The molecule has 11 heteroatoms. The molecule has 3 aromatic carbocycles. The molecule has 0 amide bonds. The monoisotopic (exact) mass is 711 g/mol. The van der Waals surface area contributed by atoms with E-state index in [1.54, 1.807) is 26.7 Å².